The molecule has 0 aromatic heterocycles. The number of nitrogens with two attached hydrogens (primary N) is 1. The highest BCUT2D eigenvalue weighted by Gasteiger charge is 2.14. The zero-order valence-electron chi connectivity index (χ0n) is 8.79. The Bertz CT molecular complexity index is 179. The predicted octanol–water partition coefficient (Wildman–Crippen LogP) is 0.983. The van der Waals surface area contributed by atoms with Gasteiger partial charge in [0.05, 0.1) is 0 Å². The topological polar surface area (TPSA) is 55.1 Å². The summed E-state index contributed by atoms with van der Waals surface area (Å²) in [5.74, 6) is 3.27. The summed E-state index contributed by atoms with van der Waals surface area (Å²) < 4.78 is 0. The normalized spacial score (nSPS) is 20.4. The third-order valence-electron chi connectivity index (χ3n) is 2.44. The zero-order chi connectivity index (χ0) is 10.4. The lowest BCUT2D eigenvalue weighted by atomic mass is 10.0. The van der Waals surface area contributed by atoms with Gasteiger partial charge in [-0.1, -0.05) is 0 Å². The van der Waals surface area contributed by atoms with Crippen molar-refractivity contribution in [3.63, 3.8) is 0 Å². The first-order valence-corrected chi connectivity index (χ1v) is 6.44. The van der Waals surface area contributed by atoms with Crippen LogP contribution in [0, 0.1) is 5.92 Å². The summed E-state index contributed by atoms with van der Waals surface area (Å²) in [6, 6.07) is -0.0306. The quantitative estimate of drug-likeness (QED) is 0.736. The molecule has 14 heavy (non-hydrogen) atoms. The lowest BCUT2D eigenvalue weighted by Crippen LogP contribution is -2.34. The van der Waals surface area contributed by atoms with Crippen LogP contribution in [0.1, 0.15) is 26.2 Å². The fourth-order valence-corrected chi connectivity index (χ4v) is 2.78. The van der Waals surface area contributed by atoms with Crippen LogP contribution in [-0.2, 0) is 4.79 Å². The molecule has 1 amide bonds. The van der Waals surface area contributed by atoms with Crippen LogP contribution in [0.15, 0.2) is 0 Å². The molecule has 1 heterocycles. The molecule has 82 valence electrons. The molecule has 0 aromatic carbocycles. The summed E-state index contributed by atoms with van der Waals surface area (Å²) in [7, 11) is 0. The second kappa shape index (κ2) is 6.30. The van der Waals surface area contributed by atoms with Gasteiger partial charge in [0.25, 0.3) is 0 Å². The fraction of sp³-hybridized carbons (Fsp3) is 0.900. The van der Waals surface area contributed by atoms with Crippen molar-refractivity contribution >= 4 is 17.7 Å². The van der Waals surface area contributed by atoms with Crippen molar-refractivity contribution in [2.75, 3.05) is 18.1 Å². The second-order valence-electron chi connectivity index (χ2n) is 4.04. The van der Waals surface area contributed by atoms with Crippen molar-refractivity contribution in [2.45, 2.75) is 32.2 Å². The SMILES string of the molecule is CC(N)CC(=O)NCC1CCSCC1. The van der Waals surface area contributed by atoms with E-state index in [-0.39, 0.29) is 11.9 Å². The summed E-state index contributed by atoms with van der Waals surface area (Å²) in [6.07, 6.45) is 2.92. The molecule has 0 aromatic rings. The van der Waals surface area contributed by atoms with E-state index in [1.807, 2.05) is 18.7 Å². The summed E-state index contributed by atoms with van der Waals surface area (Å²) >= 11 is 2.01. The number of hydrogen-bond acceptors (Lipinski definition) is 3. The molecule has 1 atom stereocenters. The van der Waals surface area contributed by atoms with Crippen LogP contribution in [0.2, 0.25) is 0 Å². The standard InChI is InChI=1S/C10H20N2OS/c1-8(11)6-10(13)12-7-9-2-4-14-5-3-9/h8-9H,2-7,11H2,1H3,(H,12,13). The Labute approximate surface area is 90.2 Å². The van der Waals surface area contributed by atoms with Gasteiger partial charge in [-0.25, -0.2) is 0 Å². The molecule has 1 unspecified atom stereocenters. The van der Waals surface area contributed by atoms with Crippen LogP contribution in [-0.4, -0.2) is 30.0 Å². The Morgan fingerprint density at radius 3 is 2.79 bits per heavy atom. The Morgan fingerprint density at radius 1 is 1.57 bits per heavy atom. The molecular weight excluding hydrogens is 196 g/mol. The van der Waals surface area contributed by atoms with E-state index < -0.39 is 0 Å². The van der Waals surface area contributed by atoms with Gasteiger partial charge >= 0.3 is 0 Å². The maximum absolute atomic E-state index is 11.3. The molecule has 0 saturated carbocycles. The van der Waals surface area contributed by atoms with Crippen LogP contribution in [0.25, 0.3) is 0 Å². The molecule has 0 aliphatic carbocycles. The van der Waals surface area contributed by atoms with Gasteiger partial charge in [-0.15, -0.1) is 0 Å². The summed E-state index contributed by atoms with van der Waals surface area (Å²) in [5, 5.41) is 2.96. The molecule has 3 nitrogen and oxygen atoms in total. The number of carbonyl (C=O) groups is 1. The molecule has 0 radical (unpaired) electrons. The van der Waals surface area contributed by atoms with E-state index in [4.69, 9.17) is 5.73 Å². The van der Waals surface area contributed by atoms with E-state index in [0.29, 0.717) is 12.3 Å². The zero-order valence-corrected chi connectivity index (χ0v) is 9.61. The third kappa shape index (κ3) is 4.86. The highest BCUT2D eigenvalue weighted by molar-refractivity contribution is 7.99. The van der Waals surface area contributed by atoms with Gasteiger partial charge in [0.1, 0.15) is 0 Å². The molecule has 0 bridgehead atoms. The number of thioether (sulfide) groups is 1. The molecule has 1 aliphatic heterocycles. The van der Waals surface area contributed by atoms with Crippen molar-refractivity contribution in [3.8, 4) is 0 Å². The Hall–Kier alpha value is -0.220. The minimum absolute atomic E-state index is 0.0306. The van der Waals surface area contributed by atoms with E-state index in [2.05, 4.69) is 5.32 Å². The van der Waals surface area contributed by atoms with Crippen molar-refractivity contribution in [3.05, 3.63) is 0 Å². The lowest BCUT2D eigenvalue weighted by molar-refractivity contribution is -0.121. The van der Waals surface area contributed by atoms with Gasteiger partial charge in [0.2, 0.25) is 5.91 Å². The first-order chi connectivity index (χ1) is 6.68. The molecule has 0 spiro atoms. The maximum atomic E-state index is 11.3. The number of nitrogens with one attached hydrogen (secondary N) is 1. The largest absolute Gasteiger partial charge is 0.356 e. The van der Waals surface area contributed by atoms with Gasteiger partial charge < -0.3 is 11.1 Å². The maximum Gasteiger partial charge on any atom is 0.221 e. The van der Waals surface area contributed by atoms with Crippen LogP contribution >= 0.6 is 11.8 Å². The van der Waals surface area contributed by atoms with Crippen molar-refractivity contribution in [2.24, 2.45) is 11.7 Å². The minimum Gasteiger partial charge on any atom is -0.356 e. The number of hydrogen-bond donors (Lipinski definition) is 2. The van der Waals surface area contributed by atoms with E-state index >= 15 is 0 Å². The average molecular weight is 216 g/mol. The average Bonchev–Trinajstić information content (AvgIpc) is 2.15. The van der Waals surface area contributed by atoms with Gasteiger partial charge in [0.15, 0.2) is 0 Å². The Kier molecular flexibility index (Phi) is 5.33. The molecule has 1 fully saturated rings. The second-order valence-corrected chi connectivity index (χ2v) is 5.27. The van der Waals surface area contributed by atoms with Crippen LogP contribution in [0.5, 0.6) is 0 Å². The molecule has 1 rings (SSSR count). The lowest BCUT2D eigenvalue weighted by Gasteiger charge is -2.21. The fourth-order valence-electron chi connectivity index (χ4n) is 1.57. The van der Waals surface area contributed by atoms with Gasteiger partial charge in [-0.2, -0.15) is 11.8 Å². The van der Waals surface area contributed by atoms with Crippen molar-refractivity contribution in [1.29, 1.82) is 0 Å². The van der Waals surface area contributed by atoms with Crippen LogP contribution in [0.4, 0.5) is 0 Å². The van der Waals surface area contributed by atoms with Crippen LogP contribution in [0.3, 0.4) is 0 Å². The first-order valence-electron chi connectivity index (χ1n) is 5.28. The third-order valence-corrected chi connectivity index (χ3v) is 3.48. The highest BCUT2D eigenvalue weighted by atomic mass is 32.2. The number of carbonyl (C=O) groups excluding carboxylic acids is 1. The van der Waals surface area contributed by atoms with E-state index in [9.17, 15) is 4.79 Å². The smallest absolute Gasteiger partial charge is 0.221 e. The molecule has 4 heteroatoms. The molecular formula is C10H20N2OS. The molecule has 1 aliphatic rings. The van der Waals surface area contributed by atoms with E-state index in [1.54, 1.807) is 0 Å². The highest BCUT2D eigenvalue weighted by Crippen LogP contribution is 2.21. The minimum atomic E-state index is -0.0306. The summed E-state index contributed by atoms with van der Waals surface area (Å²) in [4.78, 5) is 11.3. The van der Waals surface area contributed by atoms with Crippen molar-refractivity contribution < 1.29 is 4.79 Å². The van der Waals surface area contributed by atoms with Crippen molar-refractivity contribution in [1.82, 2.24) is 5.32 Å². The first kappa shape index (κ1) is 11.9. The van der Waals surface area contributed by atoms with Gasteiger partial charge in [0, 0.05) is 19.0 Å². The number of amides is 1. The van der Waals surface area contributed by atoms with Crippen LogP contribution < -0.4 is 11.1 Å². The number of rotatable bonds is 4. The predicted molar refractivity (Wildman–Crippen MR) is 61.3 cm³/mol. The van der Waals surface area contributed by atoms with E-state index in [0.717, 1.165) is 6.54 Å². The Morgan fingerprint density at radius 2 is 2.21 bits per heavy atom. The molecule has 3 N–H and O–H groups in total. The van der Waals surface area contributed by atoms with E-state index in [1.165, 1.54) is 24.3 Å². The summed E-state index contributed by atoms with van der Waals surface area (Å²) in [5.41, 5.74) is 5.54. The summed E-state index contributed by atoms with van der Waals surface area (Å²) in [6.45, 7) is 2.70. The monoisotopic (exact) mass is 216 g/mol. The Balaban J connectivity index is 2.09. The van der Waals surface area contributed by atoms with Gasteiger partial charge in [-0.3, -0.25) is 4.79 Å². The van der Waals surface area contributed by atoms with Gasteiger partial charge in [-0.05, 0) is 37.2 Å². The molecule has 1 saturated heterocycles.